The van der Waals surface area contributed by atoms with Crippen LogP contribution in [0.5, 0.6) is 0 Å². The minimum atomic E-state index is -4.73. The molecule has 4 aromatic carbocycles. The Hall–Kier alpha value is -5.01. The van der Waals surface area contributed by atoms with Crippen LogP contribution in [0.1, 0.15) is 77.7 Å². The van der Waals surface area contributed by atoms with E-state index in [1.54, 1.807) is 12.1 Å². The van der Waals surface area contributed by atoms with Gasteiger partial charge >= 0.3 is 29.6 Å². The summed E-state index contributed by atoms with van der Waals surface area (Å²) in [7, 11) is -13.7. The molecule has 0 spiro atoms. The number of hydrogen-bond acceptors (Lipinski definition) is 8. The molecule has 2 aliphatic carbocycles. The SMILES string of the molecule is CCN(CC)c1ccc(C(=C2C=CC(=[N+](CC)CC)C=C2)c2cc(S(=O)(=O)O)ccc2S(=O)(=O)O)cc1.CCNc1ccc(C(=C2C=CC(=[N+](CC)CC)C=C2)c2cc(S(=O)(=O)O)ccc2C)cc1.[H-].[Na+]. The van der Waals surface area contributed by atoms with Crippen LogP contribution in [-0.2, 0) is 30.4 Å². The Morgan fingerprint density at radius 1 is 0.529 bits per heavy atom. The van der Waals surface area contributed by atoms with Gasteiger partial charge < -0.3 is 11.6 Å². The quantitative estimate of drug-likeness (QED) is 0.0535. The van der Waals surface area contributed by atoms with Crippen LogP contribution in [0.4, 0.5) is 11.4 Å². The number of aryl methyl sites for hydroxylation is 1. The first kappa shape index (κ1) is 57.6. The van der Waals surface area contributed by atoms with Gasteiger partial charge in [-0.1, -0.05) is 30.3 Å². The molecule has 17 heteroatoms. The van der Waals surface area contributed by atoms with Crippen molar-refractivity contribution in [3.63, 3.8) is 0 Å². The minimum Gasteiger partial charge on any atom is -1.00 e. The number of benzene rings is 4. The van der Waals surface area contributed by atoms with E-state index in [1.165, 1.54) is 6.07 Å². The molecule has 4 N–H and O–H groups in total. The van der Waals surface area contributed by atoms with Gasteiger partial charge in [0.05, 0.1) is 9.79 Å². The van der Waals surface area contributed by atoms with Gasteiger partial charge in [0.1, 0.15) is 31.1 Å². The molecule has 0 amide bonds. The Kier molecular flexibility index (Phi) is 20.9. The first-order valence-corrected chi connectivity index (χ1v) is 27.4. The minimum absolute atomic E-state index is 0. The van der Waals surface area contributed by atoms with E-state index in [4.69, 9.17) is 0 Å². The van der Waals surface area contributed by atoms with Crippen molar-refractivity contribution in [2.75, 3.05) is 56.0 Å². The molecule has 0 fully saturated rings. The maximum Gasteiger partial charge on any atom is 1.00 e. The van der Waals surface area contributed by atoms with Gasteiger partial charge in [0.2, 0.25) is 0 Å². The van der Waals surface area contributed by atoms with Crippen molar-refractivity contribution in [3.05, 3.63) is 173 Å². The zero-order chi connectivity index (χ0) is 50.7. The third-order valence-corrected chi connectivity index (χ3v) is 14.6. The van der Waals surface area contributed by atoms with E-state index in [0.717, 1.165) is 115 Å². The van der Waals surface area contributed by atoms with E-state index < -0.39 is 40.1 Å². The van der Waals surface area contributed by atoms with Gasteiger partial charge in [-0.25, -0.2) is 9.15 Å². The number of rotatable bonds is 16. The zero-order valence-corrected chi connectivity index (χ0v) is 46.0. The topological polar surface area (TPSA) is 184 Å². The number of nitrogens with zero attached hydrogens (tertiary/aromatic N) is 3. The number of hydrogen-bond donors (Lipinski definition) is 4. The van der Waals surface area contributed by atoms with Crippen molar-refractivity contribution in [3.8, 4) is 0 Å². The summed E-state index contributed by atoms with van der Waals surface area (Å²) in [6, 6.07) is 23.3. The van der Waals surface area contributed by atoms with Gasteiger partial charge in [-0.15, -0.1) is 0 Å². The molecule has 0 saturated carbocycles. The molecular weight excluding hydrogens is 956 g/mol. The summed E-state index contributed by atoms with van der Waals surface area (Å²) in [6.07, 6.45) is 15.8. The molecule has 0 radical (unpaired) electrons. The molecule has 6 rings (SSSR count). The summed E-state index contributed by atoms with van der Waals surface area (Å²) in [5, 5.41) is 3.30. The van der Waals surface area contributed by atoms with Gasteiger partial charge in [-0.05, 0) is 179 Å². The van der Waals surface area contributed by atoms with E-state index in [9.17, 15) is 38.9 Å². The maximum absolute atomic E-state index is 12.3. The number of nitrogens with one attached hydrogen (secondary N) is 1. The van der Waals surface area contributed by atoms with Crippen LogP contribution >= 0.6 is 0 Å². The fourth-order valence-corrected chi connectivity index (χ4v) is 10.0. The first-order chi connectivity index (χ1) is 32.7. The Balaban J connectivity index is 0.000000368. The van der Waals surface area contributed by atoms with Crippen molar-refractivity contribution in [2.24, 2.45) is 0 Å². The van der Waals surface area contributed by atoms with Crippen LogP contribution in [0.25, 0.3) is 11.1 Å². The van der Waals surface area contributed by atoms with E-state index in [-0.39, 0.29) is 41.4 Å². The molecular formula is C53H65N4NaO9S3+2. The van der Waals surface area contributed by atoms with Crippen LogP contribution in [0.2, 0.25) is 0 Å². The molecule has 0 unspecified atom stereocenters. The van der Waals surface area contributed by atoms with Crippen molar-refractivity contribution in [1.29, 1.82) is 0 Å². The predicted molar refractivity (Wildman–Crippen MR) is 280 cm³/mol. The molecule has 13 nitrogen and oxygen atoms in total. The van der Waals surface area contributed by atoms with Crippen molar-refractivity contribution >= 4 is 64.3 Å². The van der Waals surface area contributed by atoms with Crippen LogP contribution in [0.15, 0.2) is 159 Å². The Morgan fingerprint density at radius 2 is 0.929 bits per heavy atom. The number of allylic oxidation sites excluding steroid dienone is 10. The largest absolute Gasteiger partial charge is 1.00 e. The molecule has 0 aromatic heterocycles. The Bertz CT molecular complexity index is 3110. The number of anilines is 2. The second-order valence-corrected chi connectivity index (χ2v) is 20.3. The molecule has 0 atom stereocenters. The summed E-state index contributed by atoms with van der Waals surface area (Å²) in [6.45, 7) is 22.4. The van der Waals surface area contributed by atoms with Crippen molar-refractivity contribution < 1.29 is 79.0 Å². The predicted octanol–water partition coefficient (Wildman–Crippen LogP) is 6.66. The summed E-state index contributed by atoms with van der Waals surface area (Å²) in [4.78, 5) is 1.10. The van der Waals surface area contributed by atoms with Crippen LogP contribution in [0.3, 0.4) is 0 Å². The summed E-state index contributed by atoms with van der Waals surface area (Å²) in [5.41, 5.74) is 10.3. The second kappa shape index (κ2) is 25.4. The van der Waals surface area contributed by atoms with Crippen LogP contribution in [-0.4, -0.2) is 105 Å². The summed E-state index contributed by atoms with van der Waals surface area (Å²) < 4.78 is 106. The van der Waals surface area contributed by atoms with Gasteiger partial charge in [0, 0.05) is 60.9 Å². The van der Waals surface area contributed by atoms with Crippen LogP contribution < -0.4 is 39.8 Å². The normalized spacial score (nSPS) is 13.4. The molecule has 0 bridgehead atoms. The van der Waals surface area contributed by atoms with Gasteiger partial charge in [-0.2, -0.15) is 25.3 Å². The average Bonchev–Trinajstić information content (AvgIpc) is 3.32. The van der Waals surface area contributed by atoms with Gasteiger partial charge in [0.25, 0.3) is 30.4 Å². The Morgan fingerprint density at radius 3 is 1.31 bits per heavy atom. The molecule has 4 aromatic rings. The van der Waals surface area contributed by atoms with Gasteiger partial charge in [0.15, 0.2) is 11.4 Å². The molecule has 0 saturated heterocycles. The second-order valence-electron chi connectivity index (χ2n) is 16.1. The summed E-state index contributed by atoms with van der Waals surface area (Å²) in [5.74, 6) is 0. The third-order valence-electron chi connectivity index (χ3n) is 12.0. The van der Waals surface area contributed by atoms with E-state index in [1.807, 2.05) is 114 Å². The Labute approximate surface area is 438 Å². The van der Waals surface area contributed by atoms with Crippen LogP contribution in [0, 0.1) is 6.92 Å². The van der Waals surface area contributed by atoms with E-state index in [2.05, 4.69) is 57.5 Å². The zero-order valence-electron chi connectivity index (χ0n) is 42.5. The van der Waals surface area contributed by atoms with E-state index >= 15 is 0 Å². The fourth-order valence-electron chi connectivity index (χ4n) is 8.32. The molecule has 368 valence electrons. The smallest absolute Gasteiger partial charge is 1.00 e. The summed E-state index contributed by atoms with van der Waals surface area (Å²) >= 11 is 0. The molecule has 70 heavy (non-hydrogen) atoms. The first-order valence-electron chi connectivity index (χ1n) is 23.0. The molecule has 0 aliphatic heterocycles. The maximum atomic E-state index is 12.3. The molecule has 2 aliphatic rings. The van der Waals surface area contributed by atoms with E-state index in [0.29, 0.717) is 16.7 Å². The monoisotopic (exact) mass is 1020 g/mol. The standard InChI is InChI=1S/C27H32N2O6S2.C26H30N2O3S.Na.H/c1-5-28(6-2)22-13-9-20(10-14-22)27(21-11-15-23(16-12-21)29(7-3)8-4)25-19-24(36(30,31)32)17-18-26(25)37(33,34)35;1-5-27-22-13-9-20(10-14-22)26(21-11-15-23(16-12-21)28(6-2)7-3)25-18-24(32(29,30)31)17-8-19(25)4;;/h9-19H,5-8H2,1-4H3,(H-,30,31,32,33,34,35);8-18H,5-7H2,1-4H3,(H,29,30,31);;/q;;+1;-1/p+2. The fraction of sp³-hybridized carbons (Fsp3) is 0.283. The van der Waals surface area contributed by atoms with Gasteiger partial charge in [-0.3, -0.25) is 13.7 Å². The third kappa shape index (κ3) is 14.3. The molecule has 0 heterocycles. The van der Waals surface area contributed by atoms with Crippen molar-refractivity contribution in [1.82, 2.24) is 0 Å². The average molecular weight is 1020 g/mol. The van der Waals surface area contributed by atoms with Crippen molar-refractivity contribution in [2.45, 2.75) is 70.1 Å².